The Kier molecular flexibility index (Phi) is 8.88. The van der Waals surface area contributed by atoms with Crippen LogP contribution < -0.4 is 16.0 Å². The van der Waals surface area contributed by atoms with E-state index in [-0.39, 0.29) is 36.4 Å². The summed E-state index contributed by atoms with van der Waals surface area (Å²) in [6, 6.07) is 7.27. The van der Waals surface area contributed by atoms with Crippen molar-refractivity contribution in [2.75, 3.05) is 13.1 Å². The van der Waals surface area contributed by atoms with E-state index in [1.165, 1.54) is 0 Å². The Morgan fingerprint density at radius 1 is 1.04 bits per heavy atom. The van der Waals surface area contributed by atoms with Crippen molar-refractivity contribution in [2.24, 2.45) is 4.99 Å². The second kappa shape index (κ2) is 10.7. The van der Waals surface area contributed by atoms with Crippen molar-refractivity contribution >= 4 is 35.8 Å². The van der Waals surface area contributed by atoms with Crippen LogP contribution in [0, 0.1) is 0 Å². The van der Waals surface area contributed by atoms with Crippen LogP contribution in [-0.4, -0.2) is 25.0 Å². The van der Waals surface area contributed by atoms with Crippen molar-refractivity contribution in [2.45, 2.75) is 20.0 Å². The van der Waals surface area contributed by atoms with Crippen LogP contribution >= 0.6 is 24.0 Å². The quantitative estimate of drug-likeness (QED) is 0.353. The summed E-state index contributed by atoms with van der Waals surface area (Å²) >= 11 is 0. The first kappa shape index (κ1) is 19.1. The number of carbonyl (C=O) groups excluding carboxylic acids is 1. The van der Waals surface area contributed by atoms with Gasteiger partial charge in [0.05, 0.1) is 25.6 Å². The predicted molar refractivity (Wildman–Crippen MR) is 97.5 cm³/mol. The Bertz CT molecular complexity index is 582. The number of hydrogen-bond donors (Lipinski definition) is 3. The summed E-state index contributed by atoms with van der Waals surface area (Å²) in [7, 11) is 0. The molecular formula is C15H21IN4O3. The molecule has 0 aliphatic carbocycles. The van der Waals surface area contributed by atoms with Crippen molar-refractivity contribution in [1.82, 2.24) is 16.0 Å². The Morgan fingerprint density at radius 3 is 2.17 bits per heavy atom. The molecule has 7 nitrogen and oxygen atoms in total. The topological polar surface area (TPSA) is 91.8 Å². The molecule has 2 aromatic heterocycles. The lowest BCUT2D eigenvalue weighted by atomic mass is 10.4. The average molecular weight is 432 g/mol. The lowest BCUT2D eigenvalue weighted by Crippen LogP contribution is -2.38. The van der Waals surface area contributed by atoms with E-state index in [1.807, 2.05) is 19.1 Å². The van der Waals surface area contributed by atoms with Crippen LogP contribution in [0.25, 0.3) is 0 Å². The van der Waals surface area contributed by atoms with Gasteiger partial charge in [-0.2, -0.15) is 0 Å². The predicted octanol–water partition coefficient (Wildman–Crippen LogP) is 1.86. The third kappa shape index (κ3) is 7.22. The molecule has 0 aliphatic rings. The van der Waals surface area contributed by atoms with Crippen molar-refractivity contribution in [3.63, 3.8) is 0 Å². The number of nitrogens with zero attached hydrogens (tertiary/aromatic N) is 1. The summed E-state index contributed by atoms with van der Waals surface area (Å²) in [6.07, 6.45) is 3.19. The zero-order valence-corrected chi connectivity index (χ0v) is 15.2. The molecule has 0 saturated heterocycles. The zero-order chi connectivity index (χ0) is 15.6. The second-order valence-electron chi connectivity index (χ2n) is 4.48. The first-order valence-corrected chi connectivity index (χ1v) is 7.11. The van der Waals surface area contributed by atoms with E-state index in [4.69, 9.17) is 8.83 Å². The van der Waals surface area contributed by atoms with Gasteiger partial charge in [-0.1, -0.05) is 0 Å². The van der Waals surface area contributed by atoms with Crippen molar-refractivity contribution in [3.8, 4) is 0 Å². The molecule has 23 heavy (non-hydrogen) atoms. The second-order valence-corrected chi connectivity index (χ2v) is 4.48. The Labute approximate surface area is 151 Å². The molecule has 0 aromatic carbocycles. The first-order chi connectivity index (χ1) is 10.8. The summed E-state index contributed by atoms with van der Waals surface area (Å²) in [5.74, 6) is 1.90. The molecule has 2 aromatic rings. The van der Waals surface area contributed by atoms with Gasteiger partial charge >= 0.3 is 0 Å². The molecule has 0 unspecified atom stereocenters. The van der Waals surface area contributed by atoms with Gasteiger partial charge in [0, 0.05) is 6.54 Å². The van der Waals surface area contributed by atoms with Crippen LogP contribution in [0.4, 0.5) is 0 Å². The fourth-order valence-corrected chi connectivity index (χ4v) is 1.73. The van der Waals surface area contributed by atoms with Gasteiger partial charge in [-0.25, -0.2) is 4.99 Å². The minimum Gasteiger partial charge on any atom is -0.467 e. The number of furan rings is 2. The molecular weight excluding hydrogens is 411 g/mol. The summed E-state index contributed by atoms with van der Waals surface area (Å²) < 4.78 is 10.4. The summed E-state index contributed by atoms with van der Waals surface area (Å²) in [4.78, 5) is 16.0. The number of halogens is 1. The monoisotopic (exact) mass is 432 g/mol. The molecule has 2 heterocycles. The molecule has 3 N–H and O–H groups in total. The van der Waals surface area contributed by atoms with Gasteiger partial charge in [0.1, 0.15) is 18.1 Å². The standard InChI is InChI=1S/C15H20N4O3.HI/c1-2-16-15(18-10-13-6-4-8-22-13)19-11-14(20)17-9-12-5-3-7-21-12;/h3-8H,2,9-11H2,1H3,(H,17,20)(H2,16,18,19);1H. The Morgan fingerprint density at radius 2 is 1.65 bits per heavy atom. The first-order valence-electron chi connectivity index (χ1n) is 7.11. The van der Waals surface area contributed by atoms with Gasteiger partial charge in [0.25, 0.3) is 0 Å². The van der Waals surface area contributed by atoms with Crippen molar-refractivity contribution < 1.29 is 13.6 Å². The van der Waals surface area contributed by atoms with Gasteiger partial charge in [-0.05, 0) is 31.2 Å². The lowest BCUT2D eigenvalue weighted by molar-refractivity contribution is -0.119. The van der Waals surface area contributed by atoms with E-state index >= 15 is 0 Å². The number of aliphatic imine (C=N–C) groups is 1. The van der Waals surface area contributed by atoms with Crippen molar-refractivity contribution in [3.05, 3.63) is 48.3 Å². The van der Waals surface area contributed by atoms with E-state index in [2.05, 4.69) is 20.9 Å². The molecule has 0 spiro atoms. The zero-order valence-electron chi connectivity index (χ0n) is 12.9. The molecule has 1 amide bonds. The highest BCUT2D eigenvalue weighted by Crippen LogP contribution is 1.99. The van der Waals surface area contributed by atoms with Gasteiger partial charge < -0.3 is 24.8 Å². The van der Waals surface area contributed by atoms with Crippen molar-refractivity contribution in [1.29, 1.82) is 0 Å². The van der Waals surface area contributed by atoms with Crippen LogP contribution in [0.15, 0.2) is 50.6 Å². The minimum absolute atomic E-state index is 0. The SMILES string of the molecule is CCNC(=NCC(=O)NCc1ccco1)NCc1ccco1.I. The van der Waals surface area contributed by atoms with Crippen LogP contribution in [0.2, 0.25) is 0 Å². The highest BCUT2D eigenvalue weighted by atomic mass is 127. The summed E-state index contributed by atoms with van der Waals surface area (Å²) in [6.45, 7) is 3.57. The van der Waals surface area contributed by atoms with Crippen LogP contribution in [0.1, 0.15) is 18.4 Å². The average Bonchev–Trinajstić information content (AvgIpc) is 3.21. The van der Waals surface area contributed by atoms with E-state index < -0.39 is 0 Å². The maximum atomic E-state index is 11.7. The third-order valence-corrected chi connectivity index (χ3v) is 2.78. The highest BCUT2D eigenvalue weighted by Gasteiger charge is 2.04. The number of guanidine groups is 1. The smallest absolute Gasteiger partial charge is 0.242 e. The number of rotatable bonds is 7. The maximum Gasteiger partial charge on any atom is 0.242 e. The molecule has 8 heteroatoms. The molecule has 0 aliphatic heterocycles. The van der Waals surface area contributed by atoms with E-state index in [0.29, 0.717) is 31.4 Å². The van der Waals surface area contributed by atoms with Gasteiger partial charge in [0.2, 0.25) is 5.91 Å². The number of hydrogen-bond acceptors (Lipinski definition) is 4. The molecule has 0 atom stereocenters. The third-order valence-electron chi connectivity index (χ3n) is 2.78. The normalized spacial score (nSPS) is 10.7. The molecule has 2 rings (SSSR count). The van der Waals surface area contributed by atoms with E-state index in [1.54, 1.807) is 24.7 Å². The fraction of sp³-hybridized carbons (Fsp3) is 0.333. The molecule has 0 radical (unpaired) electrons. The minimum atomic E-state index is -0.174. The number of carbonyl (C=O) groups is 1. The summed E-state index contributed by atoms with van der Waals surface area (Å²) in [5.41, 5.74) is 0. The Hall–Kier alpha value is -1.97. The molecule has 126 valence electrons. The molecule has 0 bridgehead atoms. The molecule has 0 saturated carbocycles. The van der Waals surface area contributed by atoms with E-state index in [0.717, 1.165) is 5.76 Å². The Balaban J connectivity index is 0.00000264. The summed E-state index contributed by atoms with van der Waals surface area (Å²) in [5, 5.41) is 8.90. The lowest BCUT2D eigenvalue weighted by Gasteiger charge is -2.10. The van der Waals surface area contributed by atoms with Gasteiger partial charge in [-0.3, -0.25) is 4.79 Å². The highest BCUT2D eigenvalue weighted by molar-refractivity contribution is 14.0. The van der Waals surface area contributed by atoms with Crippen LogP contribution in [0.3, 0.4) is 0 Å². The number of amides is 1. The molecule has 0 fully saturated rings. The number of nitrogens with one attached hydrogen (secondary N) is 3. The van der Waals surface area contributed by atoms with Gasteiger partial charge in [0.15, 0.2) is 5.96 Å². The van der Waals surface area contributed by atoms with Crippen LogP contribution in [-0.2, 0) is 17.9 Å². The van der Waals surface area contributed by atoms with Gasteiger partial charge in [-0.15, -0.1) is 24.0 Å². The maximum absolute atomic E-state index is 11.7. The van der Waals surface area contributed by atoms with Crippen LogP contribution in [0.5, 0.6) is 0 Å². The fourth-order valence-electron chi connectivity index (χ4n) is 1.73. The van der Waals surface area contributed by atoms with E-state index in [9.17, 15) is 4.79 Å². The largest absolute Gasteiger partial charge is 0.467 e.